The van der Waals surface area contributed by atoms with E-state index in [0.717, 1.165) is 25.1 Å². The van der Waals surface area contributed by atoms with Gasteiger partial charge in [-0.05, 0) is 25.8 Å². The van der Waals surface area contributed by atoms with Gasteiger partial charge in [-0.2, -0.15) is 0 Å². The van der Waals surface area contributed by atoms with Gasteiger partial charge < -0.3 is 15.8 Å². The zero-order valence-electron chi connectivity index (χ0n) is 10.6. The Bertz CT molecular complexity index is 530. The fraction of sp³-hybridized carbons (Fsp3) is 0.417. The van der Waals surface area contributed by atoms with Gasteiger partial charge in [-0.1, -0.05) is 5.16 Å². The molecule has 102 valence electrons. The normalized spacial score (nSPS) is 19.7. The van der Waals surface area contributed by atoms with Crippen LogP contribution in [0.1, 0.15) is 25.3 Å². The highest BCUT2D eigenvalue weighted by molar-refractivity contribution is 6.03. The molecule has 0 aliphatic carbocycles. The number of amidine groups is 1. The Hall–Kier alpha value is -2.31. The van der Waals surface area contributed by atoms with Crippen LogP contribution in [0.15, 0.2) is 23.4 Å². The zero-order chi connectivity index (χ0) is 14.0. The van der Waals surface area contributed by atoms with Crippen molar-refractivity contribution in [2.24, 2.45) is 10.9 Å². The summed E-state index contributed by atoms with van der Waals surface area (Å²) in [6.45, 7) is 2.95. The molecule has 0 spiro atoms. The molecular formula is C12H16N4O3. The van der Waals surface area contributed by atoms with E-state index in [9.17, 15) is 10.1 Å². The third-order valence-corrected chi connectivity index (χ3v) is 3.44. The first-order valence-corrected chi connectivity index (χ1v) is 6.07. The Balaban J connectivity index is 2.50. The molecule has 1 aliphatic rings. The van der Waals surface area contributed by atoms with Crippen molar-refractivity contribution >= 4 is 17.2 Å². The van der Waals surface area contributed by atoms with Crippen LogP contribution in [0.3, 0.4) is 0 Å². The molecule has 3 N–H and O–H groups in total. The second kappa shape index (κ2) is 5.13. The molecular weight excluding hydrogens is 248 g/mol. The molecule has 1 atom stereocenters. The Labute approximate surface area is 110 Å². The van der Waals surface area contributed by atoms with Crippen molar-refractivity contribution in [1.29, 1.82) is 0 Å². The average molecular weight is 264 g/mol. The van der Waals surface area contributed by atoms with Crippen LogP contribution in [-0.4, -0.2) is 28.6 Å². The molecule has 7 nitrogen and oxygen atoms in total. The van der Waals surface area contributed by atoms with Gasteiger partial charge in [-0.25, -0.2) is 0 Å². The molecule has 1 heterocycles. The van der Waals surface area contributed by atoms with Gasteiger partial charge in [0.05, 0.1) is 10.5 Å². The first kappa shape index (κ1) is 13.1. The van der Waals surface area contributed by atoms with Gasteiger partial charge in [0.1, 0.15) is 0 Å². The van der Waals surface area contributed by atoms with E-state index < -0.39 is 4.92 Å². The summed E-state index contributed by atoms with van der Waals surface area (Å²) in [7, 11) is 0. The minimum absolute atomic E-state index is 0.0720. The summed E-state index contributed by atoms with van der Waals surface area (Å²) in [5, 5.41) is 22.6. The molecule has 2 rings (SSSR count). The summed E-state index contributed by atoms with van der Waals surface area (Å²) in [6.07, 6.45) is 2.13. The number of rotatable bonds is 3. The molecule has 0 aromatic heterocycles. The highest BCUT2D eigenvalue weighted by Gasteiger charge is 2.25. The fourth-order valence-corrected chi connectivity index (χ4v) is 2.44. The van der Waals surface area contributed by atoms with Crippen molar-refractivity contribution in [2.75, 3.05) is 11.4 Å². The van der Waals surface area contributed by atoms with E-state index in [1.807, 2.05) is 0 Å². The Morgan fingerprint density at radius 3 is 2.89 bits per heavy atom. The summed E-state index contributed by atoms with van der Waals surface area (Å²) < 4.78 is 0. The van der Waals surface area contributed by atoms with Gasteiger partial charge in [-0.3, -0.25) is 10.1 Å². The fourth-order valence-electron chi connectivity index (χ4n) is 2.44. The first-order chi connectivity index (χ1) is 9.04. The van der Waals surface area contributed by atoms with Gasteiger partial charge in [0.25, 0.3) is 5.69 Å². The number of oxime groups is 1. The Kier molecular flexibility index (Phi) is 3.55. The molecule has 1 saturated heterocycles. The zero-order valence-corrected chi connectivity index (χ0v) is 10.6. The van der Waals surface area contributed by atoms with E-state index in [-0.39, 0.29) is 11.5 Å². The van der Waals surface area contributed by atoms with Gasteiger partial charge in [0.2, 0.25) is 0 Å². The van der Waals surface area contributed by atoms with E-state index in [1.54, 1.807) is 6.07 Å². The number of hydrogen-bond donors (Lipinski definition) is 2. The third kappa shape index (κ3) is 2.44. The van der Waals surface area contributed by atoms with Gasteiger partial charge in [0, 0.05) is 30.4 Å². The number of nitro benzene ring substituents is 1. The maximum absolute atomic E-state index is 10.8. The molecule has 0 radical (unpaired) electrons. The molecule has 1 aromatic carbocycles. The van der Waals surface area contributed by atoms with Crippen LogP contribution in [-0.2, 0) is 0 Å². The predicted molar refractivity (Wildman–Crippen MR) is 71.6 cm³/mol. The smallest absolute Gasteiger partial charge is 0.270 e. The largest absolute Gasteiger partial charge is 0.409 e. The number of anilines is 1. The number of nitrogens with two attached hydrogens (primary N) is 1. The van der Waals surface area contributed by atoms with E-state index in [0.29, 0.717) is 11.6 Å². The monoisotopic (exact) mass is 264 g/mol. The summed E-state index contributed by atoms with van der Waals surface area (Å²) in [5.41, 5.74) is 6.72. The Morgan fingerprint density at radius 1 is 1.63 bits per heavy atom. The molecule has 19 heavy (non-hydrogen) atoms. The van der Waals surface area contributed by atoms with Crippen LogP contribution >= 0.6 is 0 Å². The van der Waals surface area contributed by atoms with Crippen molar-refractivity contribution in [2.45, 2.75) is 25.8 Å². The predicted octanol–water partition coefficient (Wildman–Crippen LogP) is 1.68. The van der Waals surface area contributed by atoms with Crippen molar-refractivity contribution in [3.63, 3.8) is 0 Å². The quantitative estimate of drug-likeness (QED) is 0.284. The van der Waals surface area contributed by atoms with E-state index in [4.69, 9.17) is 10.9 Å². The number of nitrogens with zero attached hydrogens (tertiary/aromatic N) is 3. The van der Waals surface area contributed by atoms with Crippen LogP contribution in [0.5, 0.6) is 0 Å². The maximum atomic E-state index is 10.8. The van der Waals surface area contributed by atoms with Crippen LogP contribution < -0.4 is 10.6 Å². The van der Waals surface area contributed by atoms with Crippen LogP contribution in [0.25, 0.3) is 0 Å². The van der Waals surface area contributed by atoms with Gasteiger partial charge in [0.15, 0.2) is 5.84 Å². The van der Waals surface area contributed by atoms with Crippen molar-refractivity contribution in [3.05, 3.63) is 33.9 Å². The van der Waals surface area contributed by atoms with Crippen LogP contribution in [0.4, 0.5) is 11.4 Å². The molecule has 1 aliphatic heterocycles. The molecule has 0 saturated carbocycles. The lowest BCUT2D eigenvalue weighted by atomic mass is 10.1. The van der Waals surface area contributed by atoms with Gasteiger partial charge in [-0.15, -0.1) is 0 Å². The minimum Gasteiger partial charge on any atom is -0.409 e. The number of benzene rings is 1. The van der Waals surface area contributed by atoms with Crippen LogP contribution in [0, 0.1) is 10.1 Å². The minimum atomic E-state index is -0.495. The lowest BCUT2D eigenvalue weighted by Gasteiger charge is -2.25. The van der Waals surface area contributed by atoms with Gasteiger partial charge >= 0.3 is 0 Å². The van der Waals surface area contributed by atoms with Crippen molar-refractivity contribution in [3.8, 4) is 0 Å². The summed E-state index contributed by atoms with van der Waals surface area (Å²) in [4.78, 5) is 12.4. The molecule has 1 aromatic rings. The summed E-state index contributed by atoms with van der Waals surface area (Å²) in [6, 6.07) is 4.78. The van der Waals surface area contributed by atoms with E-state index in [1.165, 1.54) is 12.1 Å². The second-order valence-electron chi connectivity index (χ2n) is 4.63. The standard InChI is InChI=1S/C12H16N4O3/c1-8-3-2-6-15(8)11-5-4-9(16(18)19)7-10(11)12(13)14-17/h4-5,7-8,17H,2-3,6H2,1H3,(H2,13,14). The Morgan fingerprint density at radius 2 is 2.37 bits per heavy atom. The number of non-ortho nitro benzene ring substituents is 1. The SMILES string of the molecule is CC1CCCN1c1ccc([N+](=O)[O-])cc1C(N)=NO. The molecule has 7 heteroatoms. The topological polar surface area (TPSA) is 105 Å². The van der Waals surface area contributed by atoms with Crippen LogP contribution in [0.2, 0.25) is 0 Å². The molecule has 1 unspecified atom stereocenters. The average Bonchev–Trinajstić information content (AvgIpc) is 2.83. The van der Waals surface area contributed by atoms with Crippen molar-refractivity contribution < 1.29 is 10.1 Å². The van der Waals surface area contributed by atoms with Crippen molar-refractivity contribution in [1.82, 2.24) is 0 Å². The molecule has 0 amide bonds. The summed E-state index contributed by atoms with van der Waals surface area (Å²) >= 11 is 0. The second-order valence-corrected chi connectivity index (χ2v) is 4.63. The van der Waals surface area contributed by atoms with E-state index >= 15 is 0 Å². The number of hydrogen-bond acceptors (Lipinski definition) is 5. The lowest BCUT2D eigenvalue weighted by molar-refractivity contribution is -0.384. The highest BCUT2D eigenvalue weighted by atomic mass is 16.6. The number of nitro groups is 1. The summed E-state index contributed by atoms with van der Waals surface area (Å²) in [5.74, 6) is -0.113. The highest BCUT2D eigenvalue weighted by Crippen LogP contribution is 2.31. The maximum Gasteiger partial charge on any atom is 0.270 e. The first-order valence-electron chi connectivity index (χ1n) is 6.07. The lowest BCUT2D eigenvalue weighted by Crippen LogP contribution is -2.29. The molecule has 0 bridgehead atoms. The third-order valence-electron chi connectivity index (χ3n) is 3.44. The molecule has 1 fully saturated rings. The van der Waals surface area contributed by atoms with E-state index in [2.05, 4.69) is 17.0 Å².